The number of hydrogen-bond acceptors (Lipinski definition) is 4. The number of carbonyl (C=O) groups excluding carboxylic acids is 2. The van der Waals surface area contributed by atoms with E-state index >= 15 is 0 Å². The van der Waals surface area contributed by atoms with E-state index in [0.717, 1.165) is 72.8 Å². The first-order chi connectivity index (χ1) is 24.9. The normalized spacial score (nSPS) is 12.4. The van der Waals surface area contributed by atoms with E-state index in [1.54, 1.807) is 0 Å². The number of hydrogen-bond donors (Lipinski definition) is 4. The second-order valence-corrected chi connectivity index (χ2v) is 11.6. The Morgan fingerprint density at radius 2 is 0.648 bits per heavy atom. The lowest BCUT2D eigenvalue weighted by molar-refractivity contribution is -0.139. The number of benzene rings is 5. The van der Waals surface area contributed by atoms with Gasteiger partial charge in [-0.2, -0.15) is 52.7 Å². The summed E-state index contributed by atoms with van der Waals surface area (Å²) in [5, 5.41) is 4.36. The van der Waals surface area contributed by atoms with Gasteiger partial charge in [-0.1, -0.05) is 24.3 Å². The highest BCUT2D eigenvalue weighted by Crippen LogP contribution is 2.46. The number of nitrogens with two attached hydrogens (primary N) is 2. The molecule has 0 bridgehead atoms. The molecule has 5 rings (SSSR count). The monoisotopic (exact) mass is 770 g/mol. The van der Waals surface area contributed by atoms with Gasteiger partial charge in [0.05, 0.1) is 22.3 Å². The molecule has 54 heavy (non-hydrogen) atoms. The Balaban J connectivity index is 1.36. The first kappa shape index (κ1) is 39.0. The maximum atomic E-state index is 14.1. The van der Waals surface area contributed by atoms with Crippen LogP contribution in [-0.4, -0.2) is 11.8 Å². The summed E-state index contributed by atoms with van der Waals surface area (Å²) in [6.07, 6.45) is -20.4. The van der Waals surface area contributed by atoms with Crippen molar-refractivity contribution in [3.8, 4) is 22.3 Å². The Kier molecular flexibility index (Phi) is 10.1. The standard InChI is InChI=1S/C36H22F12N4O2/c37-33(38,39)27-13-19(49)5-9-23(27)25-11-7-21(15-29(25)35(43,44)45)51-31(53)17-1-2-18(4-3-17)32(54)52-22-8-12-26(30(16-22)36(46,47)48)24-10-6-20(50)14-28(24)34(40,41)42/h1-16H,49-50H2,(H,51,53)(H,52,54). The minimum absolute atomic E-state index is 0.213. The third kappa shape index (κ3) is 8.53. The van der Waals surface area contributed by atoms with E-state index in [1.165, 1.54) is 0 Å². The van der Waals surface area contributed by atoms with Crippen LogP contribution in [0.3, 0.4) is 0 Å². The number of carbonyl (C=O) groups is 2. The molecule has 5 aromatic carbocycles. The Hall–Kier alpha value is -6.20. The van der Waals surface area contributed by atoms with E-state index in [4.69, 9.17) is 11.5 Å². The molecule has 18 heteroatoms. The summed E-state index contributed by atoms with van der Waals surface area (Å²) in [5.41, 5.74) is -0.273. The van der Waals surface area contributed by atoms with E-state index in [1.807, 2.05) is 0 Å². The summed E-state index contributed by atoms with van der Waals surface area (Å²) in [7, 11) is 0. The molecule has 6 N–H and O–H groups in total. The van der Waals surface area contributed by atoms with Crippen molar-refractivity contribution in [1.29, 1.82) is 0 Å². The summed E-state index contributed by atoms with van der Waals surface area (Å²) in [6.45, 7) is 0. The molecule has 0 radical (unpaired) electrons. The van der Waals surface area contributed by atoms with Crippen LogP contribution in [0.15, 0.2) is 97.1 Å². The Morgan fingerprint density at radius 3 is 0.926 bits per heavy atom. The first-order valence-electron chi connectivity index (χ1n) is 15.0. The highest BCUT2D eigenvalue weighted by molar-refractivity contribution is 6.07. The van der Waals surface area contributed by atoms with Gasteiger partial charge in [0.25, 0.3) is 11.8 Å². The molecule has 282 valence electrons. The van der Waals surface area contributed by atoms with E-state index in [2.05, 4.69) is 10.6 Å². The highest BCUT2D eigenvalue weighted by atomic mass is 19.4. The third-order valence-electron chi connectivity index (χ3n) is 7.85. The molecule has 0 atom stereocenters. The summed E-state index contributed by atoms with van der Waals surface area (Å²) < 4.78 is 166. The van der Waals surface area contributed by atoms with Crippen molar-refractivity contribution in [3.05, 3.63) is 130 Å². The van der Waals surface area contributed by atoms with E-state index < -0.39 is 92.4 Å². The van der Waals surface area contributed by atoms with Crippen molar-refractivity contribution in [2.45, 2.75) is 24.7 Å². The molecule has 0 aliphatic heterocycles. The molecular formula is C36H22F12N4O2. The van der Waals surface area contributed by atoms with Crippen LogP contribution in [0.4, 0.5) is 75.4 Å². The molecule has 0 saturated carbocycles. The van der Waals surface area contributed by atoms with Crippen LogP contribution in [0.25, 0.3) is 22.3 Å². The molecule has 0 aliphatic rings. The molecular weight excluding hydrogens is 748 g/mol. The average molecular weight is 771 g/mol. The van der Waals surface area contributed by atoms with Crippen LogP contribution in [-0.2, 0) is 24.7 Å². The van der Waals surface area contributed by atoms with Gasteiger partial charge in [-0.25, -0.2) is 0 Å². The minimum Gasteiger partial charge on any atom is -0.399 e. The number of anilines is 4. The summed E-state index contributed by atoms with van der Waals surface area (Å²) in [5.74, 6) is -2.00. The molecule has 0 aliphatic carbocycles. The molecule has 0 aromatic heterocycles. The topological polar surface area (TPSA) is 110 Å². The summed E-state index contributed by atoms with van der Waals surface area (Å²) in [4.78, 5) is 25.7. The first-order valence-corrected chi connectivity index (χ1v) is 15.0. The van der Waals surface area contributed by atoms with Gasteiger partial charge in [0.15, 0.2) is 0 Å². The number of alkyl halides is 12. The third-order valence-corrected chi connectivity index (χ3v) is 7.85. The van der Waals surface area contributed by atoms with Crippen LogP contribution in [0, 0.1) is 0 Å². The van der Waals surface area contributed by atoms with Crippen molar-refractivity contribution < 1.29 is 62.3 Å². The second kappa shape index (κ2) is 14.0. The number of amides is 2. The van der Waals surface area contributed by atoms with Crippen molar-refractivity contribution in [1.82, 2.24) is 0 Å². The Bertz CT molecular complexity index is 2080. The van der Waals surface area contributed by atoms with Crippen LogP contribution in [0.1, 0.15) is 43.0 Å². The van der Waals surface area contributed by atoms with Crippen molar-refractivity contribution >= 4 is 34.6 Å². The smallest absolute Gasteiger partial charge is 0.399 e. The number of nitrogens with one attached hydrogen (secondary N) is 2. The zero-order chi connectivity index (χ0) is 40.0. The molecule has 2 amide bonds. The van der Waals surface area contributed by atoms with Crippen molar-refractivity contribution in [2.75, 3.05) is 22.1 Å². The van der Waals surface area contributed by atoms with Crippen LogP contribution >= 0.6 is 0 Å². The highest BCUT2D eigenvalue weighted by Gasteiger charge is 2.40. The van der Waals surface area contributed by atoms with Gasteiger partial charge in [-0.3, -0.25) is 9.59 Å². The fourth-order valence-corrected chi connectivity index (χ4v) is 5.42. The van der Waals surface area contributed by atoms with Gasteiger partial charge in [0.2, 0.25) is 0 Å². The zero-order valence-electron chi connectivity index (χ0n) is 26.7. The lowest BCUT2D eigenvalue weighted by Gasteiger charge is -2.19. The van der Waals surface area contributed by atoms with Gasteiger partial charge in [-0.15, -0.1) is 0 Å². The van der Waals surface area contributed by atoms with Gasteiger partial charge >= 0.3 is 24.7 Å². The quantitative estimate of drug-likeness (QED) is 0.102. The molecule has 0 unspecified atom stereocenters. The molecule has 0 saturated heterocycles. The van der Waals surface area contributed by atoms with Gasteiger partial charge in [0.1, 0.15) is 0 Å². The fraction of sp³-hybridized carbons (Fsp3) is 0.111. The zero-order valence-corrected chi connectivity index (χ0v) is 26.7. The molecule has 0 spiro atoms. The lowest BCUT2D eigenvalue weighted by Crippen LogP contribution is -2.16. The van der Waals surface area contributed by atoms with Crippen LogP contribution in [0.2, 0.25) is 0 Å². The van der Waals surface area contributed by atoms with Crippen molar-refractivity contribution in [2.24, 2.45) is 0 Å². The van der Waals surface area contributed by atoms with E-state index in [9.17, 15) is 62.3 Å². The van der Waals surface area contributed by atoms with Gasteiger partial charge in [-0.05, 0) is 95.1 Å². The second-order valence-electron chi connectivity index (χ2n) is 11.6. The molecule has 0 fully saturated rings. The fourth-order valence-electron chi connectivity index (χ4n) is 5.42. The number of rotatable bonds is 6. The van der Waals surface area contributed by atoms with Crippen LogP contribution < -0.4 is 22.1 Å². The Morgan fingerprint density at radius 1 is 0.389 bits per heavy atom. The predicted octanol–water partition coefficient (Wildman–Crippen LogP) is 10.8. The lowest BCUT2D eigenvalue weighted by atomic mass is 9.93. The molecule has 6 nitrogen and oxygen atoms in total. The Labute approximate surface area is 296 Å². The largest absolute Gasteiger partial charge is 0.417 e. The number of halogens is 12. The van der Waals surface area contributed by atoms with Crippen molar-refractivity contribution in [3.63, 3.8) is 0 Å². The summed E-state index contributed by atoms with van der Waals surface area (Å²) in [6, 6.07) is 13.0. The van der Waals surface area contributed by atoms with Gasteiger partial charge in [0, 0.05) is 33.9 Å². The molecule has 0 heterocycles. The molecule has 5 aromatic rings. The van der Waals surface area contributed by atoms with Gasteiger partial charge < -0.3 is 22.1 Å². The average Bonchev–Trinajstić information content (AvgIpc) is 3.07. The minimum atomic E-state index is -5.17. The van der Waals surface area contributed by atoms with E-state index in [-0.39, 0.29) is 22.5 Å². The SMILES string of the molecule is Nc1ccc(-c2ccc(NC(=O)c3ccc(C(=O)Nc4ccc(-c5ccc(N)cc5C(F)(F)F)c(C(F)(F)F)c4)cc3)cc2C(F)(F)F)c(C(F)(F)F)c1. The summed E-state index contributed by atoms with van der Waals surface area (Å²) >= 11 is 0. The maximum Gasteiger partial charge on any atom is 0.417 e. The maximum absolute atomic E-state index is 14.1. The predicted molar refractivity (Wildman–Crippen MR) is 175 cm³/mol. The van der Waals surface area contributed by atoms with E-state index in [0.29, 0.717) is 24.3 Å². The van der Waals surface area contributed by atoms with Crippen LogP contribution in [0.5, 0.6) is 0 Å². The number of nitrogen functional groups attached to an aromatic ring is 2.